The Morgan fingerprint density at radius 2 is 2.00 bits per heavy atom. The first-order valence-corrected chi connectivity index (χ1v) is 5.83. The molecule has 0 radical (unpaired) electrons. The lowest BCUT2D eigenvalue weighted by Crippen LogP contribution is -2.39. The summed E-state index contributed by atoms with van der Waals surface area (Å²) in [5, 5.41) is 9.02. The number of hydrogen-bond donors (Lipinski definition) is 1. The monoisotopic (exact) mass is 199 g/mol. The number of aliphatic hydroxyl groups is 1. The van der Waals surface area contributed by atoms with Gasteiger partial charge in [0.1, 0.15) is 0 Å². The molecule has 0 aliphatic carbocycles. The molecule has 82 valence electrons. The lowest BCUT2D eigenvalue weighted by Gasteiger charge is -2.32. The predicted molar refractivity (Wildman–Crippen MR) is 55.2 cm³/mol. The molecular formula is C11H21NO2. The van der Waals surface area contributed by atoms with Gasteiger partial charge in [-0.25, -0.2) is 0 Å². The number of hydrogen-bond acceptors (Lipinski definition) is 3. The summed E-state index contributed by atoms with van der Waals surface area (Å²) in [6.45, 7) is 4.72. The van der Waals surface area contributed by atoms with E-state index in [0.29, 0.717) is 18.6 Å². The molecule has 0 amide bonds. The third-order valence-electron chi connectivity index (χ3n) is 3.45. The zero-order valence-electron chi connectivity index (χ0n) is 8.82. The van der Waals surface area contributed by atoms with Crippen LogP contribution in [-0.4, -0.2) is 49.0 Å². The molecule has 0 aromatic carbocycles. The minimum absolute atomic E-state index is 0.369. The van der Waals surface area contributed by atoms with Crippen molar-refractivity contribution in [2.45, 2.75) is 31.8 Å². The first-order valence-electron chi connectivity index (χ1n) is 5.83. The predicted octanol–water partition coefficient (Wildman–Crippen LogP) is 0.870. The van der Waals surface area contributed by atoms with Crippen LogP contribution in [0.5, 0.6) is 0 Å². The SMILES string of the molecule is OCC1CCN(C[C@H]2CCCO2)CC1. The van der Waals surface area contributed by atoms with Crippen LogP contribution >= 0.6 is 0 Å². The molecule has 3 nitrogen and oxygen atoms in total. The molecule has 2 saturated heterocycles. The highest BCUT2D eigenvalue weighted by Gasteiger charge is 2.23. The van der Waals surface area contributed by atoms with Crippen molar-refractivity contribution in [1.82, 2.24) is 4.90 Å². The van der Waals surface area contributed by atoms with Crippen molar-refractivity contribution in [3.05, 3.63) is 0 Å². The van der Waals surface area contributed by atoms with Crippen LogP contribution in [0.25, 0.3) is 0 Å². The minimum atomic E-state index is 0.369. The van der Waals surface area contributed by atoms with Crippen molar-refractivity contribution in [2.24, 2.45) is 5.92 Å². The lowest BCUT2D eigenvalue weighted by atomic mass is 9.97. The molecule has 2 heterocycles. The Morgan fingerprint density at radius 1 is 1.21 bits per heavy atom. The van der Waals surface area contributed by atoms with Gasteiger partial charge < -0.3 is 14.7 Å². The van der Waals surface area contributed by atoms with Crippen molar-refractivity contribution in [1.29, 1.82) is 0 Å². The zero-order chi connectivity index (χ0) is 9.80. The van der Waals surface area contributed by atoms with E-state index in [2.05, 4.69) is 4.90 Å². The normalized spacial score (nSPS) is 31.1. The second-order valence-electron chi connectivity index (χ2n) is 4.56. The summed E-state index contributed by atoms with van der Waals surface area (Å²) in [6, 6.07) is 0. The van der Waals surface area contributed by atoms with Gasteiger partial charge in [0.05, 0.1) is 6.10 Å². The highest BCUT2D eigenvalue weighted by molar-refractivity contribution is 4.76. The summed E-state index contributed by atoms with van der Waals surface area (Å²) < 4.78 is 5.62. The maximum atomic E-state index is 9.02. The number of ether oxygens (including phenoxy) is 1. The van der Waals surface area contributed by atoms with Gasteiger partial charge in [-0.05, 0) is 44.7 Å². The summed E-state index contributed by atoms with van der Waals surface area (Å²) in [5.41, 5.74) is 0. The molecule has 2 aliphatic heterocycles. The number of likely N-dealkylation sites (tertiary alicyclic amines) is 1. The third kappa shape index (κ3) is 2.69. The summed E-state index contributed by atoms with van der Waals surface area (Å²) in [7, 11) is 0. The van der Waals surface area contributed by atoms with Crippen LogP contribution in [0, 0.1) is 5.92 Å². The van der Waals surface area contributed by atoms with Crippen LogP contribution in [0.4, 0.5) is 0 Å². The number of aliphatic hydroxyl groups excluding tert-OH is 1. The standard InChI is InChI=1S/C11H21NO2/c13-9-10-3-5-12(6-4-10)8-11-2-1-7-14-11/h10-11,13H,1-9H2/t11-/m1/s1. The lowest BCUT2D eigenvalue weighted by molar-refractivity contribution is 0.0533. The number of nitrogens with zero attached hydrogens (tertiary/aromatic N) is 1. The average molecular weight is 199 g/mol. The van der Waals surface area contributed by atoms with E-state index in [9.17, 15) is 0 Å². The highest BCUT2D eigenvalue weighted by Crippen LogP contribution is 2.19. The Kier molecular flexibility index (Phi) is 3.79. The second kappa shape index (κ2) is 5.10. The van der Waals surface area contributed by atoms with E-state index in [4.69, 9.17) is 9.84 Å². The fraction of sp³-hybridized carbons (Fsp3) is 1.00. The molecule has 0 spiro atoms. The largest absolute Gasteiger partial charge is 0.396 e. The molecule has 1 atom stereocenters. The van der Waals surface area contributed by atoms with Gasteiger partial charge in [0.25, 0.3) is 0 Å². The van der Waals surface area contributed by atoms with Crippen LogP contribution in [0.3, 0.4) is 0 Å². The molecule has 2 fully saturated rings. The van der Waals surface area contributed by atoms with E-state index in [1.165, 1.54) is 12.8 Å². The Bertz CT molecular complexity index is 161. The van der Waals surface area contributed by atoms with E-state index >= 15 is 0 Å². The molecule has 3 heteroatoms. The maximum Gasteiger partial charge on any atom is 0.0702 e. The van der Waals surface area contributed by atoms with Gasteiger partial charge in [0.15, 0.2) is 0 Å². The van der Waals surface area contributed by atoms with Crippen molar-refractivity contribution < 1.29 is 9.84 Å². The summed E-state index contributed by atoms with van der Waals surface area (Å²) in [5.74, 6) is 0.552. The minimum Gasteiger partial charge on any atom is -0.396 e. The number of piperidine rings is 1. The molecule has 0 unspecified atom stereocenters. The molecule has 2 aliphatic rings. The Hall–Kier alpha value is -0.120. The average Bonchev–Trinajstić information content (AvgIpc) is 2.72. The molecule has 0 aromatic heterocycles. The smallest absolute Gasteiger partial charge is 0.0702 e. The molecule has 0 aromatic rings. The summed E-state index contributed by atoms with van der Waals surface area (Å²) >= 11 is 0. The highest BCUT2D eigenvalue weighted by atomic mass is 16.5. The summed E-state index contributed by atoms with van der Waals surface area (Å²) in [6.07, 6.45) is 5.27. The van der Waals surface area contributed by atoms with Gasteiger partial charge in [0, 0.05) is 19.8 Å². The fourth-order valence-corrected chi connectivity index (χ4v) is 2.43. The van der Waals surface area contributed by atoms with Crippen molar-refractivity contribution in [3.63, 3.8) is 0 Å². The molecule has 14 heavy (non-hydrogen) atoms. The maximum absolute atomic E-state index is 9.02. The summed E-state index contributed by atoms with van der Waals surface area (Å²) in [4.78, 5) is 2.49. The Balaban J connectivity index is 1.67. The van der Waals surface area contributed by atoms with Crippen molar-refractivity contribution >= 4 is 0 Å². The Labute approximate surface area is 86.0 Å². The van der Waals surface area contributed by atoms with E-state index in [-0.39, 0.29) is 0 Å². The van der Waals surface area contributed by atoms with Gasteiger partial charge in [-0.15, -0.1) is 0 Å². The third-order valence-corrected chi connectivity index (χ3v) is 3.45. The molecule has 0 bridgehead atoms. The van der Waals surface area contributed by atoms with Crippen molar-refractivity contribution in [2.75, 3.05) is 32.8 Å². The molecule has 1 N–H and O–H groups in total. The van der Waals surface area contributed by atoms with Gasteiger partial charge >= 0.3 is 0 Å². The quantitative estimate of drug-likeness (QED) is 0.732. The first kappa shape index (κ1) is 10.4. The number of rotatable bonds is 3. The van der Waals surface area contributed by atoms with Crippen LogP contribution in [0.2, 0.25) is 0 Å². The first-order chi connectivity index (χ1) is 6.88. The van der Waals surface area contributed by atoms with Crippen LogP contribution in [0.1, 0.15) is 25.7 Å². The van der Waals surface area contributed by atoms with E-state index in [0.717, 1.165) is 39.1 Å². The second-order valence-corrected chi connectivity index (χ2v) is 4.56. The van der Waals surface area contributed by atoms with Crippen molar-refractivity contribution in [3.8, 4) is 0 Å². The zero-order valence-corrected chi connectivity index (χ0v) is 8.82. The van der Waals surface area contributed by atoms with E-state index < -0.39 is 0 Å². The molecule has 2 rings (SSSR count). The van der Waals surface area contributed by atoms with Crippen LogP contribution in [-0.2, 0) is 4.74 Å². The van der Waals surface area contributed by atoms with Crippen LogP contribution < -0.4 is 0 Å². The van der Waals surface area contributed by atoms with Crippen LogP contribution in [0.15, 0.2) is 0 Å². The molecule has 0 saturated carbocycles. The van der Waals surface area contributed by atoms with E-state index in [1.807, 2.05) is 0 Å². The topological polar surface area (TPSA) is 32.7 Å². The van der Waals surface area contributed by atoms with Gasteiger partial charge in [-0.3, -0.25) is 0 Å². The fourth-order valence-electron chi connectivity index (χ4n) is 2.43. The van der Waals surface area contributed by atoms with Gasteiger partial charge in [0.2, 0.25) is 0 Å². The Morgan fingerprint density at radius 3 is 2.57 bits per heavy atom. The van der Waals surface area contributed by atoms with Gasteiger partial charge in [-0.2, -0.15) is 0 Å². The molecular weight excluding hydrogens is 178 g/mol. The van der Waals surface area contributed by atoms with E-state index in [1.54, 1.807) is 0 Å². The van der Waals surface area contributed by atoms with Gasteiger partial charge in [-0.1, -0.05) is 0 Å².